The Morgan fingerprint density at radius 1 is 1.29 bits per heavy atom. The Hall–Kier alpha value is -0.570. The van der Waals surface area contributed by atoms with Gasteiger partial charge in [-0.25, -0.2) is 0 Å². The third kappa shape index (κ3) is 4.66. The van der Waals surface area contributed by atoms with Crippen LogP contribution in [0.5, 0.6) is 0 Å². The van der Waals surface area contributed by atoms with Crippen molar-refractivity contribution >= 4 is 11.6 Å². The highest BCUT2D eigenvalue weighted by atomic mass is 35.5. The predicted octanol–water partition coefficient (Wildman–Crippen LogP) is 3.33. The Kier molecular flexibility index (Phi) is 6.56. The van der Waals surface area contributed by atoms with E-state index in [4.69, 9.17) is 11.6 Å². The average molecular weight is 255 g/mol. The molecule has 2 nitrogen and oxygen atoms in total. The van der Waals surface area contributed by atoms with E-state index in [1.807, 2.05) is 25.2 Å². The molecule has 0 spiro atoms. The molecule has 0 saturated heterocycles. The van der Waals surface area contributed by atoms with Crippen molar-refractivity contribution in [3.63, 3.8) is 0 Å². The van der Waals surface area contributed by atoms with Crippen molar-refractivity contribution in [3.8, 4) is 0 Å². The van der Waals surface area contributed by atoms with Crippen LogP contribution in [0, 0.1) is 0 Å². The van der Waals surface area contributed by atoms with E-state index < -0.39 is 0 Å². The van der Waals surface area contributed by atoms with Crippen LogP contribution in [0.1, 0.15) is 31.4 Å². The lowest BCUT2D eigenvalue weighted by Gasteiger charge is -2.22. The quantitative estimate of drug-likeness (QED) is 0.803. The zero-order valence-electron chi connectivity index (χ0n) is 11.0. The molecule has 0 amide bonds. The molecule has 96 valence electrons. The van der Waals surface area contributed by atoms with E-state index >= 15 is 0 Å². The topological polar surface area (TPSA) is 15.3 Å². The molecule has 0 fully saturated rings. The fourth-order valence-corrected chi connectivity index (χ4v) is 2.32. The van der Waals surface area contributed by atoms with Crippen molar-refractivity contribution < 1.29 is 0 Å². The van der Waals surface area contributed by atoms with Gasteiger partial charge in [0.2, 0.25) is 0 Å². The second-order valence-electron chi connectivity index (χ2n) is 4.45. The van der Waals surface area contributed by atoms with Gasteiger partial charge in [0.15, 0.2) is 0 Å². The minimum Gasteiger partial charge on any atom is -0.313 e. The first kappa shape index (κ1) is 14.5. The van der Waals surface area contributed by atoms with Gasteiger partial charge in [0.1, 0.15) is 0 Å². The Morgan fingerprint density at radius 2 is 2.00 bits per heavy atom. The zero-order chi connectivity index (χ0) is 12.7. The second kappa shape index (κ2) is 7.70. The van der Waals surface area contributed by atoms with E-state index in [-0.39, 0.29) is 0 Å². The summed E-state index contributed by atoms with van der Waals surface area (Å²) in [6.07, 6.45) is 2.28. The average Bonchev–Trinajstić information content (AvgIpc) is 2.32. The van der Waals surface area contributed by atoms with Crippen molar-refractivity contribution in [2.45, 2.75) is 25.8 Å². The first-order valence-electron chi connectivity index (χ1n) is 6.29. The van der Waals surface area contributed by atoms with E-state index in [1.165, 1.54) is 12.0 Å². The Labute approximate surface area is 110 Å². The Bertz CT molecular complexity index is 328. The molecule has 0 aliphatic rings. The summed E-state index contributed by atoms with van der Waals surface area (Å²) in [7, 11) is 4.16. The molecule has 0 saturated carbocycles. The summed E-state index contributed by atoms with van der Waals surface area (Å²) in [6, 6.07) is 8.41. The van der Waals surface area contributed by atoms with Gasteiger partial charge >= 0.3 is 0 Å². The van der Waals surface area contributed by atoms with Crippen LogP contribution in [0.15, 0.2) is 24.3 Å². The summed E-state index contributed by atoms with van der Waals surface area (Å²) in [4.78, 5) is 2.36. The van der Waals surface area contributed by atoms with Gasteiger partial charge in [-0.3, -0.25) is 0 Å². The minimum atomic E-state index is 0.336. The number of rotatable bonds is 7. The highest BCUT2D eigenvalue weighted by Crippen LogP contribution is 2.24. The van der Waals surface area contributed by atoms with Gasteiger partial charge in [0.05, 0.1) is 0 Å². The zero-order valence-corrected chi connectivity index (χ0v) is 11.8. The lowest BCUT2D eigenvalue weighted by molar-refractivity contribution is 0.311. The monoisotopic (exact) mass is 254 g/mol. The number of nitrogens with one attached hydrogen (secondary N) is 1. The summed E-state index contributed by atoms with van der Waals surface area (Å²) in [5.41, 5.74) is 1.20. The van der Waals surface area contributed by atoms with E-state index in [0.717, 1.165) is 24.5 Å². The van der Waals surface area contributed by atoms with Crippen LogP contribution in [0.2, 0.25) is 5.02 Å². The molecule has 1 unspecified atom stereocenters. The van der Waals surface area contributed by atoms with Gasteiger partial charge in [-0.05, 0) is 51.7 Å². The predicted molar refractivity (Wildman–Crippen MR) is 75.7 cm³/mol. The molecule has 0 bridgehead atoms. The number of hydrogen-bond donors (Lipinski definition) is 1. The van der Waals surface area contributed by atoms with Gasteiger partial charge in [0, 0.05) is 11.1 Å². The largest absolute Gasteiger partial charge is 0.313 e. The van der Waals surface area contributed by atoms with Crippen LogP contribution in [-0.4, -0.2) is 32.1 Å². The van der Waals surface area contributed by atoms with Crippen molar-refractivity contribution in [1.82, 2.24) is 10.2 Å². The molecule has 1 N–H and O–H groups in total. The van der Waals surface area contributed by atoms with E-state index in [2.05, 4.69) is 30.3 Å². The molecule has 17 heavy (non-hydrogen) atoms. The van der Waals surface area contributed by atoms with Gasteiger partial charge < -0.3 is 10.2 Å². The lowest BCUT2D eigenvalue weighted by Crippen LogP contribution is -2.26. The van der Waals surface area contributed by atoms with Crippen molar-refractivity contribution in [1.29, 1.82) is 0 Å². The molecule has 0 aliphatic carbocycles. The summed E-state index contributed by atoms with van der Waals surface area (Å²) >= 11 is 6.22. The molecule has 3 heteroatoms. The molecular weight excluding hydrogens is 232 g/mol. The smallest absolute Gasteiger partial charge is 0.0453 e. The fraction of sp³-hybridized carbons (Fsp3) is 0.571. The third-order valence-corrected chi connectivity index (χ3v) is 3.38. The SMILES string of the molecule is CCCN(C)CCC(NC)c1ccccc1Cl. The maximum Gasteiger partial charge on any atom is 0.0453 e. The highest BCUT2D eigenvalue weighted by Gasteiger charge is 2.12. The molecule has 0 aliphatic heterocycles. The minimum absolute atomic E-state index is 0.336. The second-order valence-corrected chi connectivity index (χ2v) is 4.86. The molecule has 1 aromatic carbocycles. The van der Waals surface area contributed by atoms with Gasteiger partial charge in [-0.1, -0.05) is 36.7 Å². The van der Waals surface area contributed by atoms with Crippen molar-refractivity contribution in [2.24, 2.45) is 0 Å². The van der Waals surface area contributed by atoms with E-state index in [0.29, 0.717) is 6.04 Å². The maximum absolute atomic E-state index is 6.22. The third-order valence-electron chi connectivity index (χ3n) is 3.03. The molecule has 1 rings (SSSR count). The molecule has 0 heterocycles. The summed E-state index contributed by atoms with van der Waals surface area (Å²) in [6.45, 7) is 4.45. The highest BCUT2D eigenvalue weighted by molar-refractivity contribution is 6.31. The van der Waals surface area contributed by atoms with Crippen LogP contribution < -0.4 is 5.32 Å². The first-order valence-corrected chi connectivity index (χ1v) is 6.67. The molecule has 1 aromatic rings. The van der Waals surface area contributed by atoms with Crippen molar-refractivity contribution in [2.75, 3.05) is 27.2 Å². The molecule has 0 radical (unpaired) electrons. The number of hydrogen-bond acceptors (Lipinski definition) is 2. The normalized spacial score (nSPS) is 13.0. The standard InChI is InChI=1S/C14H23ClN2/c1-4-10-17(3)11-9-14(16-2)12-7-5-6-8-13(12)15/h5-8,14,16H,4,9-11H2,1-3H3. The maximum atomic E-state index is 6.22. The Balaban J connectivity index is 2.57. The summed E-state index contributed by atoms with van der Waals surface area (Å²) in [5, 5.41) is 4.20. The van der Waals surface area contributed by atoms with E-state index in [1.54, 1.807) is 0 Å². The van der Waals surface area contributed by atoms with Crippen LogP contribution in [0.25, 0.3) is 0 Å². The molecule has 1 atom stereocenters. The number of halogens is 1. The van der Waals surface area contributed by atoms with Crippen LogP contribution >= 0.6 is 11.6 Å². The fourth-order valence-electron chi connectivity index (χ4n) is 2.06. The van der Waals surface area contributed by atoms with Crippen LogP contribution in [0.4, 0.5) is 0 Å². The van der Waals surface area contributed by atoms with Gasteiger partial charge in [-0.15, -0.1) is 0 Å². The Morgan fingerprint density at radius 3 is 2.59 bits per heavy atom. The summed E-state index contributed by atoms with van der Waals surface area (Å²) in [5.74, 6) is 0. The number of nitrogens with zero attached hydrogens (tertiary/aromatic N) is 1. The van der Waals surface area contributed by atoms with Crippen LogP contribution in [-0.2, 0) is 0 Å². The van der Waals surface area contributed by atoms with Gasteiger partial charge in [0.25, 0.3) is 0 Å². The first-order chi connectivity index (χ1) is 8.19. The van der Waals surface area contributed by atoms with Crippen molar-refractivity contribution in [3.05, 3.63) is 34.9 Å². The molecule has 0 aromatic heterocycles. The lowest BCUT2D eigenvalue weighted by atomic mass is 10.0. The van der Waals surface area contributed by atoms with Crippen LogP contribution in [0.3, 0.4) is 0 Å². The number of benzene rings is 1. The van der Waals surface area contributed by atoms with E-state index in [9.17, 15) is 0 Å². The van der Waals surface area contributed by atoms with Gasteiger partial charge in [-0.2, -0.15) is 0 Å². The summed E-state index contributed by atoms with van der Waals surface area (Å²) < 4.78 is 0. The molecular formula is C14H23ClN2.